The van der Waals surface area contributed by atoms with Gasteiger partial charge in [-0.05, 0) is 18.2 Å². The number of para-hydroxylation sites is 2. The highest BCUT2D eigenvalue weighted by Gasteiger charge is 2.11. The van der Waals surface area contributed by atoms with Gasteiger partial charge in [-0.1, -0.05) is 36.4 Å². The molecule has 0 saturated heterocycles. The Morgan fingerprint density at radius 2 is 1.70 bits per heavy atom. The molecular formula is C16H11N3S. The van der Waals surface area contributed by atoms with Crippen LogP contribution >= 0.6 is 11.3 Å². The van der Waals surface area contributed by atoms with Gasteiger partial charge in [-0.15, -0.1) is 11.3 Å². The van der Waals surface area contributed by atoms with E-state index in [-0.39, 0.29) is 0 Å². The Bertz CT molecular complexity index is 884. The first kappa shape index (κ1) is 11.4. The molecule has 96 valence electrons. The van der Waals surface area contributed by atoms with Crippen LogP contribution < -0.4 is 5.32 Å². The van der Waals surface area contributed by atoms with Gasteiger partial charge in [-0.3, -0.25) is 0 Å². The summed E-state index contributed by atoms with van der Waals surface area (Å²) in [6, 6.07) is 18.3. The quantitative estimate of drug-likeness (QED) is 0.582. The second-order valence-corrected chi connectivity index (χ2v) is 5.33. The summed E-state index contributed by atoms with van der Waals surface area (Å²) in [7, 11) is 0. The maximum Gasteiger partial charge on any atom is 0.146 e. The molecule has 4 rings (SSSR count). The second kappa shape index (κ2) is 4.58. The molecule has 0 aliphatic carbocycles. The van der Waals surface area contributed by atoms with Gasteiger partial charge in [0.15, 0.2) is 0 Å². The molecule has 1 N–H and O–H groups in total. The van der Waals surface area contributed by atoms with E-state index in [9.17, 15) is 0 Å². The van der Waals surface area contributed by atoms with Crippen molar-refractivity contribution in [3.63, 3.8) is 0 Å². The lowest BCUT2D eigenvalue weighted by molar-refractivity contribution is 1.45. The highest BCUT2D eigenvalue weighted by atomic mass is 32.1. The first-order chi connectivity index (χ1) is 9.92. The Balaban J connectivity index is 2.00. The molecule has 4 aromatic rings. The number of hydrogen-bond donors (Lipinski definition) is 1. The SMILES string of the molecule is c1ccc(Nc2c3ccccc3nc3scnc23)cc1. The van der Waals surface area contributed by atoms with Crippen molar-refractivity contribution < 1.29 is 0 Å². The van der Waals surface area contributed by atoms with E-state index in [2.05, 4.69) is 21.4 Å². The van der Waals surface area contributed by atoms with Gasteiger partial charge in [0, 0.05) is 11.1 Å². The first-order valence-corrected chi connectivity index (χ1v) is 7.24. The van der Waals surface area contributed by atoms with Crippen molar-refractivity contribution >= 4 is 44.0 Å². The van der Waals surface area contributed by atoms with Crippen LogP contribution in [0.15, 0.2) is 60.1 Å². The molecule has 0 fully saturated rings. The molecule has 2 heterocycles. The Morgan fingerprint density at radius 3 is 2.60 bits per heavy atom. The molecule has 4 heteroatoms. The second-order valence-electron chi connectivity index (χ2n) is 4.50. The summed E-state index contributed by atoms with van der Waals surface area (Å²) >= 11 is 1.56. The molecule has 0 aliphatic heterocycles. The maximum atomic E-state index is 4.66. The lowest BCUT2D eigenvalue weighted by atomic mass is 10.1. The van der Waals surface area contributed by atoms with Crippen LogP contribution in [-0.4, -0.2) is 9.97 Å². The Hall–Kier alpha value is -2.46. The van der Waals surface area contributed by atoms with Crippen LogP contribution in [0.25, 0.3) is 21.3 Å². The maximum absolute atomic E-state index is 4.66. The van der Waals surface area contributed by atoms with Gasteiger partial charge in [0.1, 0.15) is 10.3 Å². The third-order valence-electron chi connectivity index (χ3n) is 3.22. The van der Waals surface area contributed by atoms with Crippen molar-refractivity contribution in [3.05, 3.63) is 60.1 Å². The molecule has 3 nitrogen and oxygen atoms in total. The lowest BCUT2D eigenvalue weighted by Gasteiger charge is -2.10. The molecule has 2 aromatic carbocycles. The normalized spacial score (nSPS) is 11.0. The smallest absolute Gasteiger partial charge is 0.146 e. The highest BCUT2D eigenvalue weighted by molar-refractivity contribution is 7.16. The summed E-state index contributed by atoms with van der Waals surface area (Å²) in [6.07, 6.45) is 0. The number of nitrogens with one attached hydrogen (secondary N) is 1. The van der Waals surface area contributed by atoms with E-state index in [1.807, 2.05) is 54.0 Å². The highest BCUT2D eigenvalue weighted by Crippen LogP contribution is 2.33. The van der Waals surface area contributed by atoms with Crippen LogP contribution in [0, 0.1) is 0 Å². The zero-order chi connectivity index (χ0) is 13.4. The van der Waals surface area contributed by atoms with E-state index in [4.69, 9.17) is 0 Å². The van der Waals surface area contributed by atoms with Gasteiger partial charge < -0.3 is 5.32 Å². The van der Waals surface area contributed by atoms with Crippen LogP contribution in [-0.2, 0) is 0 Å². The largest absolute Gasteiger partial charge is 0.353 e. The molecule has 0 aliphatic rings. The number of pyridine rings is 1. The molecular weight excluding hydrogens is 266 g/mol. The summed E-state index contributed by atoms with van der Waals surface area (Å²) in [6.45, 7) is 0. The minimum atomic E-state index is 0.928. The van der Waals surface area contributed by atoms with Gasteiger partial charge >= 0.3 is 0 Å². The van der Waals surface area contributed by atoms with E-state index < -0.39 is 0 Å². The number of anilines is 2. The van der Waals surface area contributed by atoms with Crippen LogP contribution in [0.5, 0.6) is 0 Å². The van der Waals surface area contributed by atoms with Gasteiger partial charge in [-0.2, -0.15) is 0 Å². The molecule has 0 atom stereocenters. The van der Waals surface area contributed by atoms with Crippen molar-refractivity contribution in [2.45, 2.75) is 0 Å². The summed E-state index contributed by atoms with van der Waals surface area (Å²) in [5, 5.41) is 4.57. The zero-order valence-electron chi connectivity index (χ0n) is 10.6. The zero-order valence-corrected chi connectivity index (χ0v) is 11.4. The molecule has 20 heavy (non-hydrogen) atoms. The molecule has 0 saturated carbocycles. The average molecular weight is 277 g/mol. The van der Waals surface area contributed by atoms with Gasteiger partial charge in [-0.25, -0.2) is 9.97 Å². The molecule has 0 unspecified atom stereocenters. The number of nitrogens with zero attached hydrogens (tertiary/aromatic N) is 2. The summed E-state index contributed by atoms with van der Waals surface area (Å²) in [5.41, 5.74) is 5.84. The molecule has 0 spiro atoms. The average Bonchev–Trinajstić information content (AvgIpc) is 2.96. The van der Waals surface area contributed by atoms with Gasteiger partial charge in [0.2, 0.25) is 0 Å². The fraction of sp³-hybridized carbons (Fsp3) is 0. The van der Waals surface area contributed by atoms with E-state index in [1.54, 1.807) is 11.3 Å². The number of hydrogen-bond acceptors (Lipinski definition) is 4. The van der Waals surface area contributed by atoms with Gasteiger partial charge in [0.25, 0.3) is 0 Å². The first-order valence-electron chi connectivity index (χ1n) is 6.36. The minimum Gasteiger partial charge on any atom is -0.353 e. The molecule has 0 bridgehead atoms. The van der Waals surface area contributed by atoms with Crippen LogP contribution in [0.1, 0.15) is 0 Å². The third-order valence-corrected chi connectivity index (χ3v) is 3.94. The Kier molecular flexibility index (Phi) is 2.60. The number of thiazole rings is 1. The molecule has 0 amide bonds. The lowest BCUT2D eigenvalue weighted by Crippen LogP contribution is -1.94. The summed E-state index contributed by atoms with van der Waals surface area (Å²) in [4.78, 5) is 10.1. The van der Waals surface area contributed by atoms with Crippen molar-refractivity contribution in [3.8, 4) is 0 Å². The number of benzene rings is 2. The van der Waals surface area contributed by atoms with Crippen molar-refractivity contribution in [1.29, 1.82) is 0 Å². The Labute approximate surface area is 119 Å². The van der Waals surface area contributed by atoms with E-state index in [1.165, 1.54) is 0 Å². The fourth-order valence-electron chi connectivity index (χ4n) is 2.30. The molecule has 0 radical (unpaired) electrons. The van der Waals surface area contributed by atoms with E-state index in [0.717, 1.165) is 32.6 Å². The van der Waals surface area contributed by atoms with Crippen LogP contribution in [0.2, 0.25) is 0 Å². The van der Waals surface area contributed by atoms with Crippen LogP contribution in [0.4, 0.5) is 11.4 Å². The number of aromatic nitrogens is 2. The van der Waals surface area contributed by atoms with E-state index in [0.29, 0.717) is 0 Å². The monoisotopic (exact) mass is 277 g/mol. The standard InChI is InChI=1S/C16H11N3S/c1-2-6-11(7-3-1)18-14-12-8-4-5-9-13(12)19-16-15(14)17-10-20-16/h1-10H,(H,18,19). The van der Waals surface area contributed by atoms with Crippen molar-refractivity contribution in [2.24, 2.45) is 0 Å². The summed E-state index contributed by atoms with van der Waals surface area (Å²) in [5.74, 6) is 0. The van der Waals surface area contributed by atoms with E-state index >= 15 is 0 Å². The predicted octanol–water partition coefficient (Wildman–Crippen LogP) is 4.59. The Morgan fingerprint density at radius 1 is 0.900 bits per heavy atom. The minimum absolute atomic E-state index is 0.928. The third kappa shape index (κ3) is 1.82. The molecule has 2 aromatic heterocycles. The fourth-order valence-corrected chi connectivity index (χ4v) is 2.98. The van der Waals surface area contributed by atoms with Gasteiger partial charge in [0.05, 0.1) is 16.7 Å². The van der Waals surface area contributed by atoms with Crippen molar-refractivity contribution in [2.75, 3.05) is 5.32 Å². The van der Waals surface area contributed by atoms with Crippen molar-refractivity contribution in [1.82, 2.24) is 9.97 Å². The topological polar surface area (TPSA) is 37.8 Å². The number of rotatable bonds is 2. The summed E-state index contributed by atoms with van der Waals surface area (Å²) < 4.78 is 0. The predicted molar refractivity (Wildman–Crippen MR) is 84.6 cm³/mol. The number of fused-ring (bicyclic) bond motifs is 2. The van der Waals surface area contributed by atoms with Crippen LogP contribution in [0.3, 0.4) is 0 Å².